The van der Waals surface area contributed by atoms with E-state index in [1.807, 2.05) is 0 Å². The first-order valence-electron chi connectivity index (χ1n) is 15.9. The Morgan fingerprint density at radius 2 is 0.978 bits per heavy atom. The predicted molar refractivity (Wildman–Crippen MR) is 190 cm³/mol. The molecule has 0 bridgehead atoms. The summed E-state index contributed by atoms with van der Waals surface area (Å²) >= 11 is 0. The molecule has 0 amide bonds. The molecule has 1 saturated heterocycles. The van der Waals surface area contributed by atoms with Crippen molar-refractivity contribution in [3.63, 3.8) is 0 Å². The van der Waals surface area contributed by atoms with Crippen LogP contribution in [0.1, 0.15) is 25.0 Å². The van der Waals surface area contributed by atoms with Crippen molar-refractivity contribution in [3.8, 4) is 0 Å². The third-order valence-electron chi connectivity index (χ3n) is 8.66. The fourth-order valence-corrected chi connectivity index (χ4v) is 9.06. The van der Waals surface area contributed by atoms with Crippen molar-refractivity contribution in [1.29, 1.82) is 0 Å². The van der Waals surface area contributed by atoms with E-state index in [0.29, 0.717) is 0 Å². The molecule has 1 heterocycles. The lowest BCUT2D eigenvalue weighted by molar-refractivity contribution is -0.146. The Kier molecular flexibility index (Phi) is 8.79. The van der Waals surface area contributed by atoms with E-state index in [2.05, 4.69) is 164 Å². The van der Waals surface area contributed by atoms with Gasteiger partial charge >= 0.3 is 0 Å². The summed E-state index contributed by atoms with van der Waals surface area (Å²) in [4.78, 5) is 2.55. The lowest BCUT2D eigenvalue weighted by Crippen LogP contribution is -2.39. The zero-order valence-corrected chi connectivity index (χ0v) is 26.9. The van der Waals surface area contributed by atoms with Gasteiger partial charge in [0.05, 0.1) is 6.10 Å². The van der Waals surface area contributed by atoms with Crippen LogP contribution in [0.25, 0.3) is 21.5 Å². The lowest BCUT2D eigenvalue weighted by atomic mass is 10.0. The average molecular weight is 610 g/mol. The Morgan fingerprint density at radius 3 is 1.49 bits per heavy atom. The number of rotatable bonds is 10. The topological polar surface area (TPSA) is 21.7 Å². The van der Waals surface area contributed by atoms with Gasteiger partial charge in [0.1, 0.15) is 6.10 Å². The summed E-state index contributed by atoms with van der Waals surface area (Å²) in [5.41, 5.74) is 2.61. The summed E-state index contributed by atoms with van der Waals surface area (Å²) in [6.45, 7) is 6.56. The summed E-state index contributed by atoms with van der Waals surface area (Å²) in [6.07, 6.45) is 0.831. The molecular weight excluding hydrogens is 569 g/mol. The van der Waals surface area contributed by atoms with Gasteiger partial charge in [0, 0.05) is 25.8 Å². The lowest BCUT2D eigenvalue weighted by Gasteiger charge is -2.29. The molecule has 0 unspecified atom stereocenters. The highest BCUT2D eigenvalue weighted by molar-refractivity contribution is 7.73. The normalized spacial score (nSPS) is 17.9. The minimum Gasteiger partial charge on any atom is -0.344 e. The highest BCUT2D eigenvalue weighted by Crippen LogP contribution is 2.40. The van der Waals surface area contributed by atoms with Crippen molar-refractivity contribution in [2.24, 2.45) is 0 Å². The van der Waals surface area contributed by atoms with Crippen molar-refractivity contribution in [2.45, 2.75) is 44.9 Å². The Balaban J connectivity index is 1.19. The van der Waals surface area contributed by atoms with E-state index in [9.17, 15) is 0 Å². The van der Waals surface area contributed by atoms with Gasteiger partial charge in [-0.25, -0.2) is 0 Å². The fourth-order valence-electron chi connectivity index (χ4n) is 6.60. The van der Waals surface area contributed by atoms with E-state index in [-0.39, 0.29) is 12.2 Å². The summed E-state index contributed by atoms with van der Waals surface area (Å²) in [7, 11) is -0.614. The van der Waals surface area contributed by atoms with E-state index in [1.165, 1.54) is 43.3 Å². The zero-order chi connectivity index (χ0) is 30.6. The number of ether oxygens (including phenoxy) is 2. The molecule has 6 aromatic rings. The summed E-state index contributed by atoms with van der Waals surface area (Å²) in [5.74, 6) is -0.638. The van der Waals surface area contributed by atoms with Gasteiger partial charge in [-0.1, -0.05) is 133 Å². The maximum atomic E-state index is 6.73. The van der Waals surface area contributed by atoms with E-state index in [4.69, 9.17) is 9.47 Å². The molecule has 0 aromatic heterocycles. The second-order valence-electron chi connectivity index (χ2n) is 12.5. The van der Waals surface area contributed by atoms with Gasteiger partial charge in [0.25, 0.3) is 0 Å². The molecule has 1 aliphatic heterocycles. The van der Waals surface area contributed by atoms with Crippen LogP contribution in [0.4, 0.5) is 0 Å². The van der Waals surface area contributed by atoms with Crippen LogP contribution < -0.4 is 10.6 Å². The Labute approximate surface area is 268 Å². The maximum Gasteiger partial charge on any atom is 0.163 e. The van der Waals surface area contributed by atoms with Gasteiger partial charge in [-0.3, -0.25) is 4.90 Å². The van der Waals surface area contributed by atoms with Crippen LogP contribution in [0.15, 0.2) is 146 Å². The Morgan fingerprint density at radius 1 is 0.533 bits per heavy atom. The van der Waals surface area contributed by atoms with Crippen LogP contribution in [-0.4, -0.2) is 35.6 Å². The second kappa shape index (κ2) is 13.3. The van der Waals surface area contributed by atoms with Gasteiger partial charge < -0.3 is 9.47 Å². The molecule has 1 aliphatic rings. The molecule has 2 atom stereocenters. The van der Waals surface area contributed by atoms with Gasteiger partial charge in [-0.05, 0) is 77.2 Å². The number of fused-ring (bicyclic) bond motifs is 2. The smallest absolute Gasteiger partial charge is 0.163 e. The van der Waals surface area contributed by atoms with Gasteiger partial charge in [0.2, 0.25) is 0 Å². The molecule has 0 spiro atoms. The molecule has 6 aromatic carbocycles. The summed E-state index contributed by atoms with van der Waals surface area (Å²) in [6, 6.07) is 52.8. The first-order valence-corrected chi connectivity index (χ1v) is 17.4. The van der Waals surface area contributed by atoms with Crippen molar-refractivity contribution < 1.29 is 9.47 Å². The highest BCUT2D eigenvalue weighted by Gasteiger charge is 2.43. The number of hydrogen-bond donors (Lipinski definition) is 0. The zero-order valence-electron chi connectivity index (χ0n) is 26.1. The Bertz CT molecular complexity index is 1750. The van der Waals surface area contributed by atoms with E-state index in [1.54, 1.807) is 0 Å². The molecule has 3 nitrogen and oxygen atoms in total. The van der Waals surface area contributed by atoms with Crippen LogP contribution >= 0.6 is 7.92 Å². The van der Waals surface area contributed by atoms with Crippen molar-refractivity contribution in [2.75, 3.05) is 12.7 Å². The fraction of sp³-hybridized carbons (Fsp3) is 0.220. The second-order valence-corrected chi connectivity index (χ2v) is 14.8. The third-order valence-corrected chi connectivity index (χ3v) is 11.2. The quantitative estimate of drug-likeness (QED) is 0.145. The standard InChI is InChI=1S/C41H40NO2P/c1-41(2)43-39(40(44-41)30-45(37-17-5-3-6-18-37)38-19-7-4-8-20-38)29-42(27-31-21-23-33-13-9-11-15-35(33)25-31)28-32-22-24-34-14-10-12-16-36(34)26-32/h3-26,39-40H,27-30H2,1-2H3/t39-,40-/m0/s1. The number of nitrogens with zero attached hydrogens (tertiary/aromatic N) is 1. The average Bonchev–Trinajstić information content (AvgIpc) is 3.36. The van der Waals surface area contributed by atoms with Crippen LogP contribution in [0.5, 0.6) is 0 Å². The molecule has 0 saturated carbocycles. The molecule has 0 aliphatic carbocycles. The van der Waals surface area contributed by atoms with E-state index < -0.39 is 13.7 Å². The molecule has 7 rings (SSSR count). The molecule has 4 heteroatoms. The summed E-state index contributed by atoms with van der Waals surface area (Å²) < 4.78 is 13.4. The largest absolute Gasteiger partial charge is 0.344 e. The number of hydrogen-bond acceptors (Lipinski definition) is 3. The van der Waals surface area contributed by atoms with Gasteiger partial charge in [0.15, 0.2) is 5.79 Å². The van der Waals surface area contributed by atoms with Crippen LogP contribution in [0.3, 0.4) is 0 Å². The van der Waals surface area contributed by atoms with Crippen molar-refractivity contribution in [1.82, 2.24) is 4.90 Å². The molecule has 0 radical (unpaired) electrons. The first-order chi connectivity index (χ1) is 22.0. The van der Waals surface area contributed by atoms with E-state index >= 15 is 0 Å². The van der Waals surface area contributed by atoms with E-state index in [0.717, 1.165) is 25.8 Å². The molecular formula is C41H40NO2P. The Hall–Kier alpha value is -3.85. The van der Waals surface area contributed by atoms with Crippen LogP contribution in [0.2, 0.25) is 0 Å². The third kappa shape index (κ3) is 7.19. The monoisotopic (exact) mass is 609 g/mol. The van der Waals surface area contributed by atoms with Gasteiger partial charge in [-0.2, -0.15) is 0 Å². The highest BCUT2D eigenvalue weighted by atomic mass is 31.1. The summed E-state index contributed by atoms with van der Waals surface area (Å²) in [5, 5.41) is 7.83. The molecule has 45 heavy (non-hydrogen) atoms. The van der Waals surface area contributed by atoms with Crippen molar-refractivity contribution >= 4 is 40.1 Å². The minimum absolute atomic E-state index is 0.0257. The first kappa shape index (κ1) is 29.8. The van der Waals surface area contributed by atoms with Gasteiger partial charge in [-0.15, -0.1) is 0 Å². The molecule has 226 valence electrons. The molecule has 0 N–H and O–H groups in total. The minimum atomic E-state index is -0.638. The predicted octanol–water partition coefficient (Wildman–Crippen LogP) is 8.65. The SMILES string of the molecule is CC1(C)O[C@@H](CN(Cc2ccc3ccccc3c2)Cc2ccc3ccccc3c2)[C@H](CP(c2ccccc2)c2ccccc2)O1. The molecule has 1 fully saturated rings. The van der Waals surface area contributed by atoms with Crippen molar-refractivity contribution in [3.05, 3.63) is 157 Å². The van der Waals surface area contributed by atoms with Crippen LogP contribution in [-0.2, 0) is 22.6 Å². The maximum absolute atomic E-state index is 6.73. The van der Waals surface area contributed by atoms with Crippen LogP contribution in [0, 0.1) is 0 Å². The number of benzene rings is 6.